The molecule has 1 heterocycles. The van der Waals surface area contributed by atoms with Crippen molar-refractivity contribution in [2.45, 2.75) is 52.2 Å². The van der Waals surface area contributed by atoms with Gasteiger partial charge in [0.1, 0.15) is 18.9 Å². The Kier molecular flexibility index (Phi) is 10.9. The molecule has 0 bridgehead atoms. The number of piperidine rings is 1. The van der Waals surface area contributed by atoms with E-state index in [1.165, 1.54) is 0 Å². The van der Waals surface area contributed by atoms with Crippen LogP contribution in [0.1, 0.15) is 40.5 Å². The Bertz CT molecular complexity index is 971. The average Bonchev–Trinajstić information content (AvgIpc) is 2.72. The van der Waals surface area contributed by atoms with E-state index in [-0.39, 0.29) is 25.2 Å². The molecule has 0 aromatic heterocycles. The second kappa shape index (κ2) is 12.8. The van der Waals surface area contributed by atoms with Crippen molar-refractivity contribution < 1.29 is 19.1 Å². The zero-order valence-corrected chi connectivity index (χ0v) is 25.0. The molecule has 36 heavy (non-hydrogen) atoms. The Morgan fingerprint density at radius 1 is 1.28 bits per heavy atom. The molecule has 9 heteroatoms. The van der Waals surface area contributed by atoms with Crippen molar-refractivity contribution in [3.8, 4) is 0 Å². The van der Waals surface area contributed by atoms with Gasteiger partial charge in [-0.25, -0.2) is 10.0 Å². The Balaban J connectivity index is 2.32. The summed E-state index contributed by atoms with van der Waals surface area (Å²) in [4.78, 5) is 30.8. The number of amides is 1. The third-order valence-corrected chi connectivity index (χ3v) is 7.76. The van der Waals surface area contributed by atoms with Gasteiger partial charge in [-0.1, -0.05) is 42.0 Å². The fraction of sp³-hybridized carbons (Fsp3) is 0.593. The van der Waals surface area contributed by atoms with E-state index >= 15 is 0 Å². The minimum atomic E-state index is -0.718. The van der Waals surface area contributed by atoms with Gasteiger partial charge in [0.05, 0.1) is 23.6 Å². The monoisotopic (exact) mass is 556 g/mol. The lowest BCUT2D eigenvalue weighted by Gasteiger charge is -2.43. The summed E-state index contributed by atoms with van der Waals surface area (Å²) >= 11 is 11.9. The molecule has 6 nitrogen and oxygen atoms in total. The number of halogens is 1. The summed E-state index contributed by atoms with van der Waals surface area (Å²) in [6.07, 6.45) is 7.78. The smallest absolute Gasteiger partial charge is 0.326 e. The maximum Gasteiger partial charge on any atom is 0.326 e. The molecule has 202 valence electrons. The van der Waals surface area contributed by atoms with Crippen molar-refractivity contribution in [1.29, 1.82) is 0 Å². The second-order valence-electron chi connectivity index (χ2n) is 11.1. The van der Waals surface area contributed by atoms with Crippen LogP contribution < -0.4 is 4.90 Å². The number of anilines is 1. The highest BCUT2D eigenvalue weighted by Gasteiger charge is 2.41. The van der Waals surface area contributed by atoms with Crippen LogP contribution in [-0.2, 0) is 19.1 Å². The van der Waals surface area contributed by atoms with Gasteiger partial charge in [-0.15, -0.1) is 0 Å². The highest BCUT2D eigenvalue weighted by Crippen LogP contribution is 2.35. The molecule has 0 spiro atoms. The Labute approximate surface area is 228 Å². The quantitative estimate of drug-likeness (QED) is 0.122. The molecular weight excluding hydrogens is 516 g/mol. The number of ether oxygens (including phenoxy) is 2. The zero-order chi connectivity index (χ0) is 27.3. The molecule has 0 aliphatic carbocycles. The number of carbonyl (C=O) groups excluding carboxylic acids is 2. The highest BCUT2D eigenvalue weighted by atomic mass is 35.5. The third kappa shape index (κ3) is 9.36. The minimum Gasteiger partial charge on any atom is -0.459 e. The molecule has 2 rings (SSSR count). The van der Waals surface area contributed by atoms with Crippen molar-refractivity contribution in [2.24, 2.45) is 5.92 Å². The van der Waals surface area contributed by atoms with Gasteiger partial charge >= 0.3 is 5.97 Å². The maximum atomic E-state index is 14.1. The lowest BCUT2D eigenvalue weighted by Crippen LogP contribution is -2.55. The van der Waals surface area contributed by atoms with Crippen LogP contribution in [0.5, 0.6) is 0 Å². The fourth-order valence-electron chi connectivity index (χ4n) is 4.09. The van der Waals surface area contributed by atoms with Gasteiger partial charge in [0.15, 0.2) is 0 Å². The number of rotatable bonds is 10. The van der Waals surface area contributed by atoms with Gasteiger partial charge in [-0.3, -0.25) is 14.5 Å². The van der Waals surface area contributed by atoms with Crippen LogP contribution >= 0.6 is 33.8 Å². The van der Waals surface area contributed by atoms with Crippen molar-refractivity contribution in [3.05, 3.63) is 41.4 Å². The SMILES string of the molecule is C=C(C)C1C(C(=O)N(COCCS(C)(C)C)c2cccc(Cl)c2)CCC(=S)N1CC(=O)OC(C)(C)C. The Morgan fingerprint density at radius 2 is 1.94 bits per heavy atom. The topological polar surface area (TPSA) is 59.1 Å². The summed E-state index contributed by atoms with van der Waals surface area (Å²) in [7, 11) is -0.718. The molecule has 1 saturated heterocycles. The van der Waals surface area contributed by atoms with Crippen molar-refractivity contribution in [1.82, 2.24) is 4.90 Å². The summed E-state index contributed by atoms with van der Waals surface area (Å²) < 4.78 is 11.5. The number of esters is 1. The molecule has 1 amide bonds. The van der Waals surface area contributed by atoms with Gasteiger partial charge in [-0.05, 0) is 77.5 Å². The van der Waals surface area contributed by atoms with Crippen LogP contribution in [0.2, 0.25) is 5.02 Å². The van der Waals surface area contributed by atoms with Crippen molar-refractivity contribution in [3.63, 3.8) is 0 Å². The number of hydrogen-bond donors (Lipinski definition) is 0. The predicted octanol–water partition coefficient (Wildman–Crippen LogP) is 5.67. The van der Waals surface area contributed by atoms with Crippen molar-refractivity contribution in [2.75, 3.05) is 49.3 Å². The summed E-state index contributed by atoms with van der Waals surface area (Å²) in [5.41, 5.74) is 0.822. The maximum absolute atomic E-state index is 14.1. The van der Waals surface area contributed by atoms with E-state index in [9.17, 15) is 9.59 Å². The van der Waals surface area contributed by atoms with Gasteiger partial charge in [0.25, 0.3) is 0 Å². The largest absolute Gasteiger partial charge is 0.459 e. The second-order valence-corrected chi connectivity index (χ2v) is 16.6. The summed E-state index contributed by atoms with van der Waals surface area (Å²) in [6, 6.07) is 6.78. The molecule has 2 unspecified atom stereocenters. The summed E-state index contributed by atoms with van der Waals surface area (Å²) in [6.45, 7) is 12.1. The predicted molar refractivity (Wildman–Crippen MR) is 156 cm³/mol. The first-order valence-corrected chi connectivity index (χ1v) is 15.9. The molecule has 0 N–H and O–H groups in total. The van der Waals surface area contributed by atoms with Crippen molar-refractivity contribution >= 4 is 56.4 Å². The molecule has 1 aliphatic heterocycles. The van der Waals surface area contributed by atoms with Crippen LogP contribution in [-0.4, -0.2) is 77.8 Å². The Hall–Kier alpha value is -1.61. The first-order valence-electron chi connectivity index (χ1n) is 12.1. The Morgan fingerprint density at radius 3 is 2.50 bits per heavy atom. The van der Waals surface area contributed by atoms with Crippen LogP contribution in [0.25, 0.3) is 0 Å². The normalized spacial score (nSPS) is 19.1. The van der Waals surface area contributed by atoms with Crippen LogP contribution in [0.3, 0.4) is 0 Å². The number of carbonyl (C=O) groups is 2. The van der Waals surface area contributed by atoms with E-state index in [2.05, 4.69) is 25.3 Å². The van der Waals surface area contributed by atoms with E-state index in [0.29, 0.717) is 35.1 Å². The fourth-order valence-corrected chi connectivity index (χ4v) is 5.19. The molecule has 2 atom stereocenters. The molecular formula is C27H41ClN2O4S2. The van der Waals surface area contributed by atoms with Gasteiger partial charge in [-0.2, -0.15) is 0 Å². The highest BCUT2D eigenvalue weighted by molar-refractivity contribution is 8.32. The standard InChI is InChI=1S/C27H41ClN2O4S2/c1-19(2)25-22(12-13-23(35)29(25)17-24(31)34-27(3,4)5)26(32)30(18-33-14-15-36(6,7)8)21-11-9-10-20(28)16-21/h9-11,16,22,25H,1,12-15,17-18H2,2-8H3. The van der Waals surface area contributed by atoms with E-state index in [1.807, 2.05) is 39.8 Å². The number of hydrogen-bond acceptors (Lipinski definition) is 5. The van der Waals surface area contributed by atoms with Crippen LogP contribution in [0.4, 0.5) is 5.69 Å². The zero-order valence-electron chi connectivity index (χ0n) is 22.6. The van der Waals surface area contributed by atoms with E-state index in [0.717, 1.165) is 11.3 Å². The van der Waals surface area contributed by atoms with E-state index < -0.39 is 27.6 Å². The third-order valence-electron chi connectivity index (χ3n) is 5.69. The minimum absolute atomic E-state index is 0.0283. The molecule has 1 aromatic carbocycles. The number of nitrogens with zero attached hydrogens (tertiary/aromatic N) is 2. The van der Waals surface area contributed by atoms with E-state index in [1.54, 1.807) is 21.9 Å². The number of likely N-dealkylation sites (tertiary alicyclic amines) is 1. The molecule has 0 radical (unpaired) electrons. The van der Waals surface area contributed by atoms with Crippen LogP contribution in [0, 0.1) is 5.92 Å². The first-order chi connectivity index (χ1) is 16.6. The number of thiocarbonyl (C=S) groups is 1. The van der Waals surface area contributed by atoms with E-state index in [4.69, 9.17) is 33.3 Å². The van der Waals surface area contributed by atoms with Crippen LogP contribution in [0.15, 0.2) is 36.4 Å². The molecule has 1 aliphatic rings. The summed E-state index contributed by atoms with van der Waals surface area (Å²) in [5, 5.41) is 0.539. The van der Waals surface area contributed by atoms with Gasteiger partial charge in [0.2, 0.25) is 5.91 Å². The number of benzene rings is 1. The molecule has 1 aromatic rings. The lowest BCUT2D eigenvalue weighted by atomic mass is 9.84. The lowest BCUT2D eigenvalue weighted by molar-refractivity contribution is -0.156. The van der Waals surface area contributed by atoms with Gasteiger partial charge < -0.3 is 14.4 Å². The van der Waals surface area contributed by atoms with Gasteiger partial charge in [0, 0.05) is 16.5 Å². The first kappa shape index (κ1) is 30.6. The molecule has 1 fully saturated rings. The summed E-state index contributed by atoms with van der Waals surface area (Å²) in [5.74, 6) is 0.00165. The average molecular weight is 557 g/mol. The molecule has 0 saturated carbocycles.